The number of anilines is 1. The van der Waals surface area contributed by atoms with Crippen molar-refractivity contribution in [3.63, 3.8) is 0 Å². The zero-order valence-corrected chi connectivity index (χ0v) is 16.8. The molecule has 0 fully saturated rings. The summed E-state index contributed by atoms with van der Waals surface area (Å²) in [6.07, 6.45) is 0. The first-order chi connectivity index (χ1) is 13.5. The minimum absolute atomic E-state index is 0.180. The van der Waals surface area contributed by atoms with E-state index in [0.29, 0.717) is 22.1 Å². The van der Waals surface area contributed by atoms with Gasteiger partial charge in [-0.15, -0.1) is 0 Å². The maximum absolute atomic E-state index is 12.7. The van der Waals surface area contributed by atoms with Crippen LogP contribution in [0.1, 0.15) is 27.0 Å². The monoisotopic (exact) mass is 395 g/mol. The van der Waals surface area contributed by atoms with Crippen molar-refractivity contribution >= 4 is 23.2 Å². The zero-order chi connectivity index (χ0) is 20.1. The van der Waals surface area contributed by atoms with E-state index in [0.717, 1.165) is 22.4 Å². The van der Waals surface area contributed by atoms with Crippen LogP contribution in [0.2, 0.25) is 5.02 Å². The maximum atomic E-state index is 12.7. The van der Waals surface area contributed by atoms with E-state index in [-0.39, 0.29) is 12.5 Å². The highest BCUT2D eigenvalue weighted by Gasteiger charge is 2.13. The average Bonchev–Trinajstić information content (AvgIpc) is 2.69. The summed E-state index contributed by atoms with van der Waals surface area (Å²) in [4.78, 5) is 12.7. The number of amides is 1. The average molecular weight is 396 g/mol. The SMILES string of the molecule is COc1ccc(C(=O)Nc2cccc(C)c2C)cc1COc1cccc(Cl)c1. The molecular formula is C23H22ClNO3. The van der Waals surface area contributed by atoms with E-state index < -0.39 is 0 Å². The van der Waals surface area contributed by atoms with E-state index in [1.165, 1.54) is 0 Å². The quantitative estimate of drug-likeness (QED) is 0.574. The molecule has 1 N–H and O–H groups in total. The molecule has 0 aliphatic carbocycles. The molecule has 1 amide bonds. The van der Waals surface area contributed by atoms with Crippen LogP contribution in [-0.2, 0) is 6.61 Å². The van der Waals surface area contributed by atoms with Crippen LogP contribution in [0.3, 0.4) is 0 Å². The highest BCUT2D eigenvalue weighted by Crippen LogP contribution is 2.25. The van der Waals surface area contributed by atoms with Crippen LogP contribution in [0.4, 0.5) is 5.69 Å². The lowest BCUT2D eigenvalue weighted by atomic mass is 10.1. The van der Waals surface area contributed by atoms with Crippen molar-refractivity contribution in [1.29, 1.82) is 0 Å². The van der Waals surface area contributed by atoms with Gasteiger partial charge in [-0.25, -0.2) is 0 Å². The molecule has 0 aliphatic heterocycles. The molecule has 4 nitrogen and oxygen atoms in total. The summed E-state index contributed by atoms with van der Waals surface area (Å²) >= 11 is 6.00. The number of carbonyl (C=O) groups excluding carboxylic acids is 1. The van der Waals surface area contributed by atoms with Crippen molar-refractivity contribution < 1.29 is 14.3 Å². The molecular weight excluding hydrogens is 374 g/mol. The Bertz CT molecular complexity index is 1000. The van der Waals surface area contributed by atoms with Crippen LogP contribution in [-0.4, -0.2) is 13.0 Å². The Morgan fingerprint density at radius 2 is 1.82 bits per heavy atom. The van der Waals surface area contributed by atoms with Gasteiger partial charge in [0.25, 0.3) is 5.91 Å². The lowest BCUT2D eigenvalue weighted by Crippen LogP contribution is -2.14. The van der Waals surface area contributed by atoms with Crippen molar-refractivity contribution in [3.05, 3.63) is 87.9 Å². The highest BCUT2D eigenvalue weighted by atomic mass is 35.5. The molecule has 3 aromatic carbocycles. The molecule has 3 rings (SSSR count). The van der Waals surface area contributed by atoms with E-state index in [1.54, 1.807) is 37.4 Å². The molecule has 0 spiro atoms. The van der Waals surface area contributed by atoms with Gasteiger partial charge in [-0.1, -0.05) is 29.8 Å². The zero-order valence-electron chi connectivity index (χ0n) is 16.1. The van der Waals surface area contributed by atoms with E-state index >= 15 is 0 Å². The molecule has 144 valence electrons. The Morgan fingerprint density at radius 3 is 2.57 bits per heavy atom. The van der Waals surface area contributed by atoms with Crippen molar-refractivity contribution in [2.24, 2.45) is 0 Å². The molecule has 0 bridgehead atoms. The van der Waals surface area contributed by atoms with Gasteiger partial charge in [0.05, 0.1) is 7.11 Å². The van der Waals surface area contributed by atoms with Gasteiger partial charge in [0.1, 0.15) is 18.1 Å². The topological polar surface area (TPSA) is 47.6 Å². The van der Waals surface area contributed by atoms with Crippen molar-refractivity contribution in [1.82, 2.24) is 0 Å². The third kappa shape index (κ3) is 4.65. The Labute approximate surface area is 170 Å². The molecule has 5 heteroatoms. The van der Waals surface area contributed by atoms with Crippen molar-refractivity contribution in [3.8, 4) is 11.5 Å². The summed E-state index contributed by atoms with van der Waals surface area (Å²) in [5.74, 6) is 1.13. The normalized spacial score (nSPS) is 10.4. The number of hydrogen-bond acceptors (Lipinski definition) is 3. The number of nitrogens with one attached hydrogen (secondary N) is 1. The van der Waals surface area contributed by atoms with Crippen molar-refractivity contribution in [2.45, 2.75) is 20.5 Å². The molecule has 0 saturated heterocycles. The predicted octanol–water partition coefficient (Wildman–Crippen LogP) is 5.80. The Kier molecular flexibility index (Phi) is 6.22. The smallest absolute Gasteiger partial charge is 0.255 e. The Balaban J connectivity index is 1.79. The molecule has 0 aliphatic rings. The second kappa shape index (κ2) is 8.81. The summed E-state index contributed by atoms with van der Waals surface area (Å²) in [5.41, 5.74) is 4.29. The molecule has 0 radical (unpaired) electrons. The standard InChI is InChI=1S/C23H22ClNO3/c1-15-6-4-9-21(16(15)2)25-23(26)17-10-11-22(27-3)18(12-17)14-28-20-8-5-7-19(24)13-20/h4-13H,14H2,1-3H3,(H,25,26). The van der Waals surface area contributed by atoms with Gasteiger partial charge in [-0.3, -0.25) is 4.79 Å². The summed E-state index contributed by atoms with van der Waals surface area (Å²) in [5, 5.41) is 3.58. The largest absolute Gasteiger partial charge is 0.496 e. The first kappa shape index (κ1) is 19.8. The molecule has 0 heterocycles. The highest BCUT2D eigenvalue weighted by molar-refractivity contribution is 6.30. The molecule has 3 aromatic rings. The predicted molar refractivity (Wildman–Crippen MR) is 113 cm³/mol. The summed E-state index contributed by atoms with van der Waals surface area (Å²) in [7, 11) is 1.59. The van der Waals surface area contributed by atoms with E-state index in [2.05, 4.69) is 5.32 Å². The van der Waals surface area contributed by atoms with Crippen molar-refractivity contribution in [2.75, 3.05) is 12.4 Å². The number of aryl methyl sites for hydroxylation is 1. The number of methoxy groups -OCH3 is 1. The maximum Gasteiger partial charge on any atom is 0.255 e. The number of ether oxygens (including phenoxy) is 2. The number of rotatable bonds is 6. The summed E-state index contributed by atoms with van der Waals surface area (Å²) < 4.78 is 11.2. The number of carbonyl (C=O) groups is 1. The summed E-state index contributed by atoms with van der Waals surface area (Å²) in [6.45, 7) is 4.26. The van der Waals surface area contributed by atoms with Gasteiger partial charge >= 0.3 is 0 Å². The second-order valence-corrected chi connectivity index (χ2v) is 6.91. The lowest BCUT2D eigenvalue weighted by Gasteiger charge is -2.14. The van der Waals surface area contributed by atoms with Gasteiger partial charge in [-0.05, 0) is 67.4 Å². The second-order valence-electron chi connectivity index (χ2n) is 6.47. The minimum Gasteiger partial charge on any atom is -0.496 e. The van der Waals surface area contributed by atoms with Gasteiger partial charge in [0, 0.05) is 21.8 Å². The third-order valence-corrected chi connectivity index (χ3v) is 4.82. The first-order valence-electron chi connectivity index (χ1n) is 8.91. The fourth-order valence-electron chi connectivity index (χ4n) is 2.83. The third-order valence-electron chi connectivity index (χ3n) is 4.59. The van der Waals surface area contributed by atoms with Crippen LogP contribution in [0, 0.1) is 13.8 Å². The van der Waals surface area contributed by atoms with Crippen LogP contribution in [0.25, 0.3) is 0 Å². The molecule has 0 atom stereocenters. The summed E-state index contributed by atoms with van der Waals surface area (Å²) in [6, 6.07) is 18.3. The molecule has 28 heavy (non-hydrogen) atoms. The van der Waals surface area contributed by atoms with Crippen LogP contribution in [0.15, 0.2) is 60.7 Å². The van der Waals surface area contributed by atoms with Gasteiger partial charge < -0.3 is 14.8 Å². The van der Waals surface area contributed by atoms with E-state index in [9.17, 15) is 4.79 Å². The lowest BCUT2D eigenvalue weighted by molar-refractivity contribution is 0.102. The van der Waals surface area contributed by atoms with Gasteiger partial charge in [0.15, 0.2) is 0 Å². The fourth-order valence-corrected chi connectivity index (χ4v) is 3.01. The van der Waals surface area contributed by atoms with Crippen LogP contribution < -0.4 is 14.8 Å². The van der Waals surface area contributed by atoms with Gasteiger partial charge in [-0.2, -0.15) is 0 Å². The Morgan fingerprint density at radius 1 is 1.04 bits per heavy atom. The molecule has 0 saturated carbocycles. The van der Waals surface area contributed by atoms with Gasteiger partial charge in [0.2, 0.25) is 0 Å². The fraction of sp³-hybridized carbons (Fsp3) is 0.174. The number of benzene rings is 3. The minimum atomic E-state index is -0.180. The number of hydrogen-bond donors (Lipinski definition) is 1. The van der Waals surface area contributed by atoms with Crippen LogP contribution >= 0.6 is 11.6 Å². The number of halogens is 1. The first-order valence-corrected chi connectivity index (χ1v) is 9.28. The molecule has 0 unspecified atom stereocenters. The van der Waals surface area contributed by atoms with Crippen LogP contribution in [0.5, 0.6) is 11.5 Å². The Hall–Kier alpha value is -2.98. The van der Waals surface area contributed by atoms with E-state index in [1.807, 2.05) is 44.2 Å². The molecule has 0 aromatic heterocycles. The van der Waals surface area contributed by atoms with E-state index in [4.69, 9.17) is 21.1 Å².